The monoisotopic (exact) mass is 568 g/mol. The minimum atomic E-state index is -1.19. The highest BCUT2D eigenvalue weighted by atomic mass is 35.5. The van der Waals surface area contributed by atoms with Gasteiger partial charge in [0.25, 0.3) is 0 Å². The predicted molar refractivity (Wildman–Crippen MR) is 150 cm³/mol. The Morgan fingerprint density at radius 2 is 1.58 bits per heavy atom. The summed E-state index contributed by atoms with van der Waals surface area (Å²) in [6.07, 6.45) is 5.57. The standard InChI is InChI=1S/C30H27Cl3N2O3/c31-18-6-4-5-17(13-18)24-16-27(36)35-28(30(24)23-11-9-20(33)15-25(23)34-29(30)37)22-14-19(32)10-12-26(22)38-21-7-2-1-3-8-21/h4-6,9-15,21,24,28H,1-3,7-8,16H2,(H,34,37)(H,35,36)/t24-,28+,30-/m0/s1. The molecule has 3 atom stereocenters. The molecule has 2 aliphatic heterocycles. The van der Waals surface area contributed by atoms with E-state index in [-0.39, 0.29) is 24.3 Å². The van der Waals surface area contributed by atoms with Gasteiger partial charge in [-0.25, -0.2) is 0 Å². The molecule has 3 aliphatic rings. The maximum absolute atomic E-state index is 14.3. The van der Waals surface area contributed by atoms with Gasteiger partial charge >= 0.3 is 0 Å². The molecule has 6 rings (SSSR count). The number of anilines is 1. The fourth-order valence-electron chi connectivity index (χ4n) is 6.48. The maximum atomic E-state index is 14.3. The van der Waals surface area contributed by atoms with Gasteiger partial charge in [-0.2, -0.15) is 0 Å². The van der Waals surface area contributed by atoms with Gasteiger partial charge in [0.05, 0.1) is 12.1 Å². The number of benzene rings is 3. The van der Waals surface area contributed by atoms with Crippen LogP contribution in [0.4, 0.5) is 5.69 Å². The van der Waals surface area contributed by atoms with Crippen molar-refractivity contribution in [2.24, 2.45) is 0 Å². The Morgan fingerprint density at radius 1 is 0.842 bits per heavy atom. The third-order valence-corrected chi connectivity index (χ3v) is 8.84. The minimum absolute atomic E-state index is 0.0751. The minimum Gasteiger partial charge on any atom is -0.490 e. The second-order valence-corrected chi connectivity index (χ2v) is 11.7. The Kier molecular flexibility index (Phi) is 6.79. The summed E-state index contributed by atoms with van der Waals surface area (Å²) in [5, 5.41) is 7.78. The number of amides is 2. The van der Waals surface area contributed by atoms with E-state index < -0.39 is 17.4 Å². The molecule has 196 valence electrons. The van der Waals surface area contributed by atoms with Crippen molar-refractivity contribution in [3.8, 4) is 5.75 Å². The summed E-state index contributed by atoms with van der Waals surface area (Å²) < 4.78 is 6.55. The number of rotatable bonds is 4. The smallest absolute Gasteiger partial charge is 0.238 e. The Labute approximate surface area is 236 Å². The Balaban J connectivity index is 1.57. The SMILES string of the molecule is O=C1C[C@@H](c2cccc(Cl)c2)[C@]2(C(=O)Nc3cc(Cl)ccc32)[C@@H](c2cc(Cl)ccc2OC2CCCCC2)N1. The number of hydrogen-bond donors (Lipinski definition) is 2. The van der Waals surface area contributed by atoms with Crippen molar-refractivity contribution in [3.63, 3.8) is 0 Å². The number of carbonyl (C=O) groups excluding carboxylic acids is 2. The molecule has 1 aliphatic carbocycles. The quantitative estimate of drug-likeness (QED) is 0.340. The molecule has 2 amide bonds. The van der Waals surface area contributed by atoms with Crippen LogP contribution >= 0.6 is 34.8 Å². The molecule has 1 spiro atoms. The van der Waals surface area contributed by atoms with Crippen molar-refractivity contribution in [1.82, 2.24) is 5.32 Å². The second-order valence-electron chi connectivity index (χ2n) is 10.4. The van der Waals surface area contributed by atoms with Gasteiger partial charge in [-0.05, 0) is 79.3 Å². The third-order valence-electron chi connectivity index (χ3n) is 8.13. The lowest BCUT2D eigenvalue weighted by Gasteiger charge is -2.46. The van der Waals surface area contributed by atoms with E-state index in [0.717, 1.165) is 36.8 Å². The fraction of sp³-hybridized carbons (Fsp3) is 0.333. The zero-order valence-electron chi connectivity index (χ0n) is 20.6. The van der Waals surface area contributed by atoms with Crippen molar-refractivity contribution in [2.75, 3.05) is 5.32 Å². The van der Waals surface area contributed by atoms with Crippen molar-refractivity contribution in [2.45, 2.75) is 62.0 Å². The van der Waals surface area contributed by atoms with E-state index in [4.69, 9.17) is 39.5 Å². The zero-order chi connectivity index (χ0) is 26.4. The first-order chi connectivity index (χ1) is 18.4. The van der Waals surface area contributed by atoms with Gasteiger partial charge in [0.1, 0.15) is 11.2 Å². The van der Waals surface area contributed by atoms with E-state index in [1.807, 2.05) is 36.4 Å². The number of ether oxygens (including phenoxy) is 1. The highest BCUT2D eigenvalue weighted by Gasteiger charge is 2.61. The predicted octanol–water partition coefficient (Wildman–Crippen LogP) is 7.59. The summed E-state index contributed by atoms with van der Waals surface area (Å²) in [5.74, 6) is -0.241. The summed E-state index contributed by atoms with van der Waals surface area (Å²) >= 11 is 19.3. The largest absolute Gasteiger partial charge is 0.490 e. The molecule has 0 aromatic heterocycles. The number of hydrogen-bond acceptors (Lipinski definition) is 3. The third kappa shape index (κ3) is 4.35. The van der Waals surface area contributed by atoms with Crippen LogP contribution in [0.25, 0.3) is 0 Å². The number of piperidine rings is 1. The summed E-state index contributed by atoms with van der Waals surface area (Å²) in [6.45, 7) is 0. The molecular formula is C30H27Cl3N2O3. The van der Waals surface area contributed by atoms with E-state index in [2.05, 4.69) is 10.6 Å². The molecule has 2 heterocycles. The van der Waals surface area contributed by atoms with Crippen LogP contribution in [0.2, 0.25) is 15.1 Å². The molecule has 3 aromatic carbocycles. The van der Waals surface area contributed by atoms with Crippen LogP contribution < -0.4 is 15.4 Å². The zero-order valence-corrected chi connectivity index (χ0v) is 22.9. The topological polar surface area (TPSA) is 67.4 Å². The Morgan fingerprint density at radius 3 is 2.37 bits per heavy atom. The lowest BCUT2D eigenvalue weighted by Crippen LogP contribution is -2.57. The maximum Gasteiger partial charge on any atom is 0.238 e. The average Bonchev–Trinajstić information content (AvgIpc) is 3.18. The first-order valence-electron chi connectivity index (χ1n) is 13.0. The van der Waals surface area contributed by atoms with Crippen molar-refractivity contribution in [1.29, 1.82) is 0 Å². The highest BCUT2D eigenvalue weighted by Crippen LogP contribution is 2.58. The molecule has 38 heavy (non-hydrogen) atoms. The molecule has 0 bridgehead atoms. The molecule has 0 radical (unpaired) electrons. The summed E-state index contributed by atoms with van der Waals surface area (Å²) in [5.41, 5.74) is 1.71. The van der Waals surface area contributed by atoms with Crippen LogP contribution in [-0.4, -0.2) is 17.9 Å². The lowest BCUT2D eigenvalue weighted by atomic mass is 9.59. The highest BCUT2D eigenvalue weighted by molar-refractivity contribution is 6.31. The number of nitrogens with one attached hydrogen (secondary N) is 2. The molecule has 2 N–H and O–H groups in total. The van der Waals surface area contributed by atoms with E-state index in [1.165, 1.54) is 6.42 Å². The van der Waals surface area contributed by atoms with Gasteiger partial charge in [-0.3, -0.25) is 9.59 Å². The number of halogens is 3. The van der Waals surface area contributed by atoms with Gasteiger partial charge in [0, 0.05) is 38.7 Å². The molecule has 1 saturated heterocycles. The van der Waals surface area contributed by atoms with Crippen molar-refractivity contribution < 1.29 is 14.3 Å². The molecule has 3 aromatic rings. The lowest BCUT2D eigenvalue weighted by molar-refractivity contribution is -0.131. The van der Waals surface area contributed by atoms with Crippen molar-refractivity contribution >= 4 is 52.3 Å². The first kappa shape index (κ1) is 25.5. The Hall–Kier alpha value is -2.73. The van der Waals surface area contributed by atoms with Crippen LogP contribution in [0.3, 0.4) is 0 Å². The van der Waals surface area contributed by atoms with Gasteiger partial charge in [-0.15, -0.1) is 0 Å². The van der Waals surface area contributed by atoms with Gasteiger partial charge < -0.3 is 15.4 Å². The van der Waals surface area contributed by atoms with E-state index in [9.17, 15) is 9.59 Å². The molecule has 2 fully saturated rings. The average molecular weight is 570 g/mol. The molecule has 0 unspecified atom stereocenters. The van der Waals surface area contributed by atoms with Crippen LogP contribution in [0.15, 0.2) is 60.7 Å². The molecule has 8 heteroatoms. The van der Waals surface area contributed by atoms with Gasteiger partial charge in [0.15, 0.2) is 0 Å². The van der Waals surface area contributed by atoms with E-state index in [0.29, 0.717) is 32.1 Å². The summed E-state index contributed by atoms with van der Waals surface area (Å²) in [7, 11) is 0. The molecule has 1 saturated carbocycles. The van der Waals surface area contributed by atoms with Crippen LogP contribution in [0, 0.1) is 0 Å². The van der Waals surface area contributed by atoms with Gasteiger partial charge in [-0.1, -0.05) is 59.4 Å². The molecule has 5 nitrogen and oxygen atoms in total. The number of carbonyl (C=O) groups is 2. The summed E-state index contributed by atoms with van der Waals surface area (Å²) in [4.78, 5) is 27.6. The van der Waals surface area contributed by atoms with Crippen LogP contribution in [-0.2, 0) is 15.0 Å². The Bertz CT molecular complexity index is 1420. The van der Waals surface area contributed by atoms with Crippen LogP contribution in [0.5, 0.6) is 5.75 Å². The van der Waals surface area contributed by atoms with Crippen molar-refractivity contribution in [3.05, 3.63) is 92.4 Å². The summed E-state index contributed by atoms with van der Waals surface area (Å²) in [6, 6.07) is 17.5. The van der Waals surface area contributed by atoms with Crippen LogP contribution in [0.1, 0.15) is 67.2 Å². The molecular weight excluding hydrogens is 543 g/mol. The fourth-order valence-corrected chi connectivity index (χ4v) is 7.04. The first-order valence-corrected chi connectivity index (χ1v) is 14.1. The number of fused-ring (bicyclic) bond motifs is 2. The normalized spacial score (nSPS) is 25.1. The van der Waals surface area contributed by atoms with E-state index in [1.54, 1.807) is 24.3 Å². The van der Waals surface area contributed by atoms with Gasteiger partial charge in [0.2, 0.25) is 11.8 Å². The van der Waals surface area contributed by atoms with E-state index >= 15 is 0 Å². The second kappa shape index (κ2) is 10.1.